The molecule has 148 valence electrons. The molecule has 2 aliphatic heterocycles. The Morgan fingerprint density at radius 2 is 2.25 bits per heavy atom. The van der Waals surface area contributed by atoms with Crippen LogP contribution in [0.25, 0.3) is 11.3 Å². The molecule has 0 bridgehead atoms. The minimum absolute atomic E-state index is 0.150. The van der Waals surface area contributed by atoms with Crippen molar-refractivity contribution < 1.29 is 9.18 Å². The van der Waals surface area contributed by atoms with E-state index >= 15 is 4.39 Å². The van der Waals surface area contributed by atoms with Crippen LogP contribution in [-0.4, -0.2) is 51.8 Å². The van der Waals surface area contributed by atoms with E-state index in [1.807, 2.05) is 24.9 Å². The van der Waals surface area contributed by atoms with Crippen LogP contribution < -0.4 is 10.2 Å². The number of carbonyl (C=O) groups excluding carboxylic acids is 1. The molecule has 1 saturated heterocycles. The Hall–Kier alpha value is -2.90. The van der Waals surface area contributed by atoms with E-state index in [0.29, 0.717) is 28.2 Å². The lowest BCUT2D eigenvalue weighted by Gasteiger charge is -2.38. The van der Waals surface area contributed by atoms with Crippen LogP contribution >= 0.6 is 0 Å². The highest BCUT2D eigenvalue weighted by molar-refractivity contribution is 6.04. The van der Waals surface area contributed by atoms with Crippen molar-refractivity contribution in [2.75, 3.05) is 25.0 Å². The number of nitrogens with one attached hydrogen (secondary N) is 1. The number of aromatic nitrogens is 3. The molecule has 7 nitrogen and oxygen atoms in total. The van der Waals surface area contributed by atoms with E-state index < -0.39 is 5.82 Å². The SMILES string of the molecule is CC=CN1CCCC(N(C)c2nc(-c3cnn(C)c3)c3c(c2F)CNC3=O)C1. The maximum absolute atomic E-state index is 15.4. The van der Waals surface area contributed by atoms with Gasteiger partial charge >= 0.3 is 0 Å². The van der Waals surface area contributed by atoms with Gasteiger partial charge in [-0.1, -0.05) is 6.08 Å². The number of halogens is 1. The average molecular weight is 384 g/mol. The van der Waals surface area contributed by atoms with Crippen LogP contribution in [0, 0.1) is 5.82 Å². The molecule has 1 N–H and O–H groups in total. The number of fused-ring (bicyclic) bond motifs is 1. The molecule has 4 heterocycles. The second-order valence-electron chi connectivity index (χ2n) is 7.42. The summed E-state index contributed by atoms with van der Waals surface area (Å²) < 4.78 is 17.0. The number of likely N-dealkylation sites (N-methyl/N-ethyl adjacent to an activating group) is 1. The van der Waals surface area contributed by atoms with Crippen LogP contribution in [0.1, 0.15) is 35.7 Å². The van der Waals surface area contributed by atoms with Crippen molar-refractivity contribution in [1.29, 1.82) is 0 Å². The zero-order chi connectivity index (χ0) is 19.8. The maximum Gasteiger partial charge on any atom is 0.254 e. The predicted octanol–water partition coefficient (Wildman–Crippen LogP) is 2.30. The summed E-state index contributed by atoms with van der Waals surface area (Å²) in [7, 11) is 3.69. The van der Waals surface area contributed by atoms with E-state index in [4.69, 9.17) is 0 Å². The van der Waals surface area contributed by atoms with E-state index in [1.54, 1.807) is 24.1 Å². The van der Waals surface area contributed by atoms with Crippen molar-refractivity contribution in [2.45, 2.75) is 32.4 Å². The Morgan fingerprint density at radius 1 is 1.43 bits per heavy atom. The molecular weight excluding hydrogens is 359 g/mol. The highest BCUT2D eigenvalue weighted by Crippen LogP contribution is 2.34. The summed E-state index contributed by atoms with van der Waals surface area (Å²) in [6.45, 7) is 4.01. The fourth-order valence-electron chi connectivity index (χ4n) is 4.07. The van der Waals surface area contributed by atoms with Crippen molar-refractivity contribution in [3.8, 4) is 11.3 Å². The summed E-state index contributed by atoms with van der Waals surface area (Å²) in [5.74, 6) is -0.403. The Labute approximate surface area is 163 Å². The van der Waals surface area contributed by atoms with E-state index in [9.17, 15) is 4.79 Å². The smallest absolute Gasteiger partial charge is 0.254 e. The fraction of sp³-hybridized carbons (Fsp3) is 0.450. The van der Waals surface area contributed by atoms with Gasteiger partial charge in [-0.2, -0.15) is 5.10 Å². The third-order valence-electron chi connectivity index (χ3n) is 5.52. The Balaban J connectivity index is 1.76. The molecule has 4 rings (SSSR count). The van der Waals surface area contributed by atoms with Crippen molar-refractivity contribution in [3.05, 3.63) is 41.6 Å². The number of likely N-dealkylation sites (tertiary alicyclic amines) is 1. The standard InChI is InChI=1S/C20H25FN6O/c1-4-7-27-8-5-6-14(12-27)26(3)19-17(21)15-10-22-20(28)16(15)18(24-19)13-9-23-25(2)11-13/h4,7,9,11,14H,5-6,8,10,12H2,1-3H3,(H,22,28). The highest BCUT2D eigenvalue weighted by Gasteiger charge is 2.33. The predicted molar refractivity (Wildman–Crippen MR) is 105 cm³/mol. The quantitative estimate of drug-likeness (QED) is 0.876. The molecule has 2 aromatic rings. The van der Waals surface area contributed by atoms with Crippen molar-refractivity contribution in [1.82, 2.24) is 25.0 Å². The van der Waals surface area contributed by atoms with E-state index in [0.717, 1.165) is 25.9 Å². The number of hydrogen-bond acceptors (Lipinski definition) is 5. The topological polar surface area (TPSA) is 66.3 Å². The third kappa shape index (κ3) is 3.12. The second-order valence-corrected chi connectivity index (χ2v) is 7.42. The number of allylic oxidation sites excluding steroid dienone is 1. The number of carbonyl (C=O) groups is 1. The minimum Gasteiger partial charge on any atom is -0.376 e. The first-order valence-electron chi connectivity index (χ1n) is 9.59. The van der Waals surface area contributed by atoms with Crippen molar-refractivity contribution >= 4 is 11.7 Å². The van der Waals surface area contributed by atoms with Gasteiger partial charge in [-0.3, -0.25) is 9.48 Å². The largest absolute Gasteiger partial charge is 0.376 e. The van der Waals surface area contributed by atoms with Gasteiger partial charge in [0, 0.05) is 57.1 Å². The summed E-state index contributed by atoms with van der Waals surface area (Å²) >= 11 is 0. The average Bonchev–Trinajstić information content (AvgIpc) is 3.29. The monoisotopic (exact) mass is 384 g/mol. The van der Waals surface area contributed by atoms with Gasteiger partial charge in [0.25, 0.3) is 5.91 Å². The van der Waals surface area contributed by atoms with Gasteiger partial charge < -0.3 is 15.1 Å². The number of anilines is 1. The van der Waals surface area contributed by atoms with Gasteiger partial charge in [0.05, 0.1) is 17.5 Å². The third-order valence-corrected chi connectivity index (χ3v) is 5.52. The van der Waals surface area contributed by atoms with E-state index in [-0.39, 0.29) is 18.5 Å². The van der Waals surface area contributed by atoms with Gasteiger partial charge in [-0.15, -0.1) is 0 Å². The first-order valence-corrected chi connectivity index (χ1v) is 9.59. The van der Waals surface area contributed by atoms with E-state index in [2.05, 4.69) is 26.5 Å². The molecular formula is C20H25FN6O. The molecule has 0 saturated carbocycles. The molecule has 28 heavy (non-hydrogen) atoms. The van der Waals surface area contributed by atoms with Gasteiger partial charge in [0.2, 0.25) is 0 Å². The maximum atomic E-state index is 15.4. The molecule has 0 aromatic carbocycles. The number of amides is 1. The first kappa shape index (κ1) is 18.5. The normalized spacial score (nSPS) is 19.2. The molecule has 0 aliphatic carbocycles. The van der Waals surface area contributed by atoms with Gasteiger partial charge in [-0.25, -0.2) is 9.37 Å². The lowest BCUT2D eigenvalue weighted by atomic mass is 10.0. The molecule has 0 radical (unpaired) electrons. The van der Waals surface area contributed by atoms with Crippen LogP contribution in [0.3, 0.4) is 0 Å². The van der Waals surface area contributed by atoms with Crippen molar-refractivity contribution in [3.63, 3.8) is 0 Å². The van der Waals surface area contributed by atoms with Crippen LogP contribution in [-0.2, 0) is 13.6 Å². The summed E-state index contributed by atoms with van der Waals surface area (Å²) in [5, 5.41) is 6.91. The summed E-state index contributed by atoms with van der Waals surface area (Å²) in [4.78, 5) is 21.1. The number of pyridine rings is 1. The van der Waals surface area contributed by atoms with Crippen LogP contribution in [0.4, 0.5) is 10.2 Å². The summed E-state index contributed by atoms with van der Waals surface area (Å²) in [6.07, 6.45) is 9.57. The number of piperidine rings is 1. The van der Waals surface area contributed by atoms with Gasteiger partial charge in [0.1, 0.15) is 0 Å². The minimum atomic E-state index is -0.411. The molecule has 0 spiro atoms. The number of nitrogens with zero attached hydrogens (tertiary/aromatic N) is 5. The van der Waals surface area contributed by atoms with Crippen LogP contribution in [0.5, 0.6) is 0 Å². The second kappa shape index (κ2) is 7.26. The molecule has 2 aromatic heterocycles. The zero-order valence-electron chi connectivity index (χ0n) is 16.4. The molecule has 1 atom stereocenters. The Morgan fingerprint density at radius 3 is 2.96 bits per heavy atom. The van der Waals surface area contributed by atoms with Gasteiger partial charge in [0.15, 0.2) is 11.6 Å². The molecule has 1 fully saturated rings. The van der Waals surface area contributed by atoms with E-state index in [1.165, 1.54) is 0 Å². The molecule has 8 heteroatoms. The Kier molecular flexibility index (Phi) is 4.78. The Bertz CT molecular complexity index is 937. The van der Waals surface area contributed by atoms with Crippen LogP contribution in [0.2, 0.25) is 0 Å². The van der Waals surface area contributed by atoms with Gasteiger partial charge in [-0.05, 0) is 26.0 Å². The fourth-order valence-corrected chi connectivity index (χ4v) is 4.07. The summed E-state index contributed by atoms with van der Waals surface area (Å²) in [5.41, 5.74) is 1.91. The lowest BCUT2D eigenvalue weighted by molar-refractivity contribution is 0.0966. The van der Waals surface area contributed by atoms with Crippen molar-refractivity contribution in [2.24, 2.45) is 7.05 Å². The summed E-state index contributed by atoms with van der Waals surface area (Å²) in [6, 6.07) is 0.150. The number of aryl methyl sites for hydroxylation is 1. The van der Waals surface area contributed by atoms with Crippen LogP contribution in [0.15, 0.2) is 24.7 Å². The number of rotatable bonds is 4. The molecule has 2 aliphatic rings. The molecule has 1 amide bonds. The molecule has 1 unspecified atom stereocenters. The lowest BCUT2D eigenvalue weighted by Crippen LogP contribution is -2.45. The number of hydrogen-bond donors (Lipinski definition) is 1. The highest BCUT2D eigenvalue weighted by atomic mass is 19.1. The first-order chi connectivity index (χ1) is 13.5. The zero-order valence-corrected chi connectivity index (χ0v) is 16.4.